The molecule has 0 heterocycles. The van der Waals surface area contributed by atoms with Crippen LogP contribution in [0.5, 0.6) is 5.75 Å². The molecule has 1 aromatic rings. The first kappa shape index (κ1) is 12.7. The van der Waals surface area contributed by atoms with Crippen molar-refractivity contribution in [2.45, 2.75) is 26.4 Å². The van der Waals surface area contributed by atoms with Crippen molar-refractivity contribution in [1.82, 2.24) is 0 Å². The molecule has 0 bridgehead atoms. The Kier molecular flexibility index (Phi) is 3.67. The van der Waals surface area contributed by atoms with Crippen LogP contribution >= 0.6 is 0 Å². The van der Waals surface area contributed by atoms with Crippen molar-refractivity contribution < 1.29 is 17.9 Å². The highest BCUT2D eigenvalue weighted by molar-refractivity contribution is 5.55. The first-order chi connectivity index (χ1) is 7.31. The van der Waals surface area contributed by atoms with Crippen LogP contribution in [-0.2, 0) is 0 Å². The summed E-state index contributed by atoms with van der Waals surface area (Å²) in [5.74, 6) is 0.455. The molecule has 0 aliphatic heterocycles. The fourth-order valence-electron chi connectivity index (χ4n) is 1.25. The maximum atomic E-state index is 11.9. The molecule has 0 aliphatic rings. The topological polar surface area (TPSA) is 35.2 Å². The van der Waals surface area contributed by atoms with Gasteiger partial charge in [-0.1, -0.05) is 0 Å². The van der Waals surface area contributed by atoms with E-state index >= 15 is 0 Å². The first-order valence-corrected chi connectivity index (χ1v) is 4.86. The van der Waals surface area contributed by atoms with Gasteiger partial charge in [-0.3, -0.25) is 0 Å². The number of anilines is 1. The molecule has 2 nitrogen and oxygen atoms in total. The molecule has 0 fully saturated rings. The van der Waals surface area contributed by atoms with Gasteiger partial charge in [-0.05, 0) is 37.1 Å². The molecule has 0 aliphatic carbocycles. The Hall–Kier alpha value is -1.39. The number of hydrogen-bond donors (Lipinski definition) is 1. The molecule has 0 unspecified atom stereocenters. The van der Waals surface area contributed by atoms with E-state index in [4.69, 9.17) is 10.5 Å². The van der Waals surface area contributed by atoms with Gasteiger partial charge in [-0.25, -0.2) is 0 Å². The lowest BCUT2D eigenvalue weighted by molar-refractivity contribution is -0.139. The van der Waals surface area contributed by atoms with Crippen molar-refractivity contribution in [3.05, 3.63) is 23.3 Å². The van der Waals surface area contributed by atoms with E-state index in [0.717, 1.165) is 11.1 Å². The summed E-state index contributed by atoms with van der Waals surface area (Å²) >= 11 is 0. The van der Waals surface area contributed by atoms with Gasteiger partial charge in [0.1, 0.15) is 5.75 Å². The number of nitrogen functional groups attached to an aromatic ring is 1. The zero-order valence-corrected chi connectivity index (χ0v) is 9.19. The van der Waals surface area contributed by atoms with Gasteiger partial charge in [0.05, 0.1) is 13.0 Å². The van der Waals surface area contributed by atoms with Gasteiger partial charge in [0, 0.05) is 5.69 Å². The van der Waals surface area contributed by atoms with E-state index in [1.165, 1.54) is 0 Å². The van der Waals surface area contributed by atoms with Crippen LogP contribution in [0.4, 0.5) is 18.9 Å². The first-order valence-electron chi connectivity index (χ1n) is 4.86. The van der Waals surface area contributed by atoms with E-state index in [-0.39, 0.29) is 6.61 Å². The lowest BCUT2D eigenvalue weighted by Gasteiger charge is -2.13. The molecular formula is C11H14F3NO. The highest BCUT2D eigenvalue weighted by Gasteiger charge is 2.26. The third kappa shape index (κ3) is 3.32. The Morgan fingerprint density at radius 3 is 2.38 bits per heavy atom. The molecule has 16 heavy (non-hydrogen) atoms. The Morgan fingerprint density at radius 1 is 1.19 bits per heavy atom. The van der Waals surface area contributed by atoms with E-state index < -0.39 is 12.6 Å². The summed E-state index contributed by atoms with van der Waals surface area (Å²) in [5, 5.41) is 0. The Bertz CT molecular complexity index is 374. The van der Waals surface area contributed by atoms with Crippen LogP contribution in [-0.4, -0.2) is 12.8 Å². The van der Waals surface area contributed by atoms with Crippen LogP contribution in [0.3, 0.4) is 0 Å². The van der Waals surface area contributed by atoms with E-state index in [2.05, 4.69) is 0 Å². The molecule has 1 aromatic carbocycles. The smallest absolute Gasteiger partial charge is 0.392 e. The van der Waals surface area contributed by atoms with E-state index in [9.17, 15) is 13.2 Å². The van der Waals surface area contributed by atoms with E-state index in [1.807, 2.05) is 0 Å². The third-order valence-electron chi connectivity index (χ3n) is 2.42. The summed E-state index contributed by atoms with van der Waals surface area (Å²) in [6.07, 6.45) is -5.13. The molecule has 5 heteroatoms. The fraction of sp³-hybridized carbons (Fsp3) is 0.455. The van der Waals surface area contributed by atoms with Crippen LogP contribution in [0.1, 0.15) is 17.5 Å². The maximum absolute atomic E-state index is 11.9. The second kappa shape index (κ2) is 4.63. The SMILES string of the molecule is Cc1c(N)ccc(OCCC(F)(F)F)c1C. The van der Waals surface area contributed by atoms with Crippen LogP contribution in [0.2, 0.25) is 0 Å². The molecule has 0 aromatic heterocycles. The molecule has 0 amide bonds. The number of rotatable bonds is 3. The summed E-state index contributed by atoms with van der Waals surface area (Å²) < 4.78 is 40.8. The molecule has 1 rings (SSSR count). The maximum Gasteiger partial charge on any atom is 0.392 e. The highest BCUT2D eigenvalue weighted by Crippen LogP contribution is 2.26. The Morgan fingerprint density at radius 2 is 1.81 bits per heavy atom. The number of alkyl halides is 3. The van der Waals surface area contributed by atoms with Crippen molar-refractivity contribution in [3.63, 3.8) is 0 Å². The highest BCUT2D eigenvalue weighted by atomic mass is 19.4. The largest absolute Gasteiger partial charge is 0.493 e. The van der Waals surface area contributed by atoms with Gasteiger partial charge >= 0.3 is 6.18 Å². The predicted molar refractivity (Wildman–Crippen MR) is 56.5 cm³/mol. The summed E-state index contributed by atoms with van der Waals surface area (Å²) in [5.41, 5.74) is 7.88. The lowest BCUT2D eigenvalue weighted by atomic mass is 10.1. The molecule has 0 spiro atoms. The Labute approximate surface area is 92.2 Å². The number of benzene rings is 1. The van der Waals surface area contributed by atoms with Crippen molar-refractivity contribution in [3.8, 4) is 5.75 Å². The third-order valence-corrected chi connectivity index (χ3v) is 2.42. The van der Waals surface area contributed by atoms with Crippen LogP contribution in [0, 0.1) is 13.8 Å². The monoisotopic (exact) mass is 233 g/mol. The molecule has 0 saturated carbocycles. The van der Waals surface area contributed by atoms with Crippen molar-refractivity contribution in [2.75, 3.05) is 12.3 Å². The van der Waals surface area contributed by atoms with Gasteiger partial charge in [0.15, 0.2) is 0 Å². The van der Waals surface area contributed by atoms with Crippen molar-refractivity contribution in [2.24, 2.45) is 0 Å². The molecular weight excluding hydrogens is 219 g/mol. The molecule has 2 N–H and O–H groups in total. The number of halogens is 3. The quantitative estimate of drug-likeness (QED) is 0.813. The summed E-state index contributed by atoms with van der Waals surface area (Å²) in [6, 6.07) is 3.22. The van der Waals surface area contributed by atoms with Crippen LogP contribution in [0.15, 0.2) is 12.1 Å². The molecule has 0 atom stereocenters. The van der Waals surface area contributed by atoms with E-state index in [0.29, 0.717) is 11.4 Å². The van der Waals surface area contributed by atoms with Crippen LogP contribution in [0.25, 0.3) is 0 Å². The minimum atomic E-state index is -4.18. The molecule has 90 valence electrons. The van der Waals surface area contributed by atoms with Gasteiger partial charge in [0.25, 0.3) is 0 Å². The van der Waals surface area contributed by atoms with Gasteiger partial charge in [-0.15, -0.1) is 0 Å². The fourth-order valence-corrected chi connectivity index (χ4v) is 1.25. The average molecular weight is 233 g/mol. The molecule has 0 radical (unpaired) electrons. The normalized spacial score (nSPS) is 11.6. The number of hydrogen-bond acceptors (Lipinski definition) is 2. The zero-order chi connectivity index (χ0) is 12.3. The predicted octanol–water partition coefficient (Wildman–Crippen LogP) is 3.22. The number of nitrogens with two attached hydrogens (primary N) is 1. The summed E-state index contributed by atoms with van der Waals surface area (Å²) in [4.78, 5) is 0. The zero-order valence-electron chi connectivity index (χ0n) is 9.19. The average Bonchev–Trinajstić information content (AvgIpc) is 2.16. The van der Waals surface area contributed by atoms with Crippen molar-refractivity contribution in [1.29, 1.82) is 0 Å². The minimum absolute atomic E-state index is 0.367. The van der Waals surface area contributed by atoms with Gasteiger partial charge < -0.3 is 10.5 Å². The molecule has 0 saturated heterocycles. The standard InChI is InChI=1S/C11H14F3NO/c1-7-8(2)10(4-3-9(7)15)16-6-5-11(12,13)14/h3-4H,5-6,15H2,1-2H3. The van der Waals surface area contributed by atoms with E-state index in [1.54, 1.807) is 26.0 Å². The second-order valence-corrected chi connectivity index (χ2v) is 3.62. The summed E-state index contributed by atoms with van der Waals surface area (Å²) in [6.45, 7) is 3.21. The Balaban J connectivity index is 2.65. The summed E-state index contributed by atoms with van der Waals surface area (Å²) in [7, 11) is 0. The number of ether oxygens (including phenoxy) is 1. The van der Waals surface area contributed by atoms with Crippen molar-refractivity contribution >= 4 is 5.69 Å². The van der Waals surface area contributed by atoms with Crippen LogP contribution < -0.4 is 10.5 Å². The minimum Gasteiger partial charge on any atom is -0.493 e. The van der Waals surface area contributed by atoms with Gasteiger partial charge in [-0.2, -0.15) is 13.2 Å². The lowest BCUT2D eigenvalue weighted by Crippen LogP contribution is -2.13. The van der Waals surface area contributed by atoms with Gasteiger partial charge in [0.2, 0.25) is 0 Å². The second-order valence-electron chi connectivity index (χ2n) is 3.62.